The van der Waals surface area contributed by atoms with Crippen LogP contribution in [0.25, 0.3) is 0 Å². The number of carboxylic acid groups (broad SMARTS) is 1. The summed E-state index contributed by atoms with van der Waals surface area (Å²) in [5, 5.41) is 8.74. The van der Waals surface area contributed by atoms with Gasteiger partial charge in [-0.25, -0.2) is 4.79 Å². The molecule has 6 nitrogen and oxygen atoms in total. The lowest BCUT2D eigenvalue weighted by Crippen LogP contribution is -2.36. The van der Waals surface area contributed by atoms with Crippen LogP contribution in [-0.2, 0) is 14.2 Å². The zero-order chi connectivity index (χ0) is 14.8. The molecular formula is C14H20O6. The fourth-order valence-corrected chi connectivity index (χ4v) is 1.51. The van der Waals surface area contributed by atoms with Crippen LogP contribution in [0.3, 0.4) is 0 Å². The second-order valence-electron chi connectivity index (χ2n) is 4.11. The molecule has 0 saturated heterocycles. The normalized spacial score (nSPS) is 13.5. The Morgan fingerprint density at radius 3 is 2.55 bits per heavy atom. The molecular weight excluding hydrogens is 264 g/mol. The Kier molecular flexibility index (Phi) is 7.46. The molecule has 0 aliphatic carbocycles. The summed E-state index contributed by atoms with van der Waals surface area (Å²) in [5.74, 6) is 0.649. The van der Waals surface area contributed by atoms with Crippen LogP contribution in [0.15, 0.2) is 30.3 Å². The van der Waals surface area contributed by atoms with Crippen molar-refractivity contribution in [3.05, 3.63) is 30.3 Å². The van der Waals surface area contributed by atoms with E-state index in [0.717, 1.165) is 0 Å². The van der Waals surface area contributed by atoms with E-state index in [-0.39, 0.29) is 6.61 Å². The molecule has 1 aromatic rings. The van der Waals surface area contributed by atoms with Crippen LogP contribution in [0.1, 0.15) is 6.92 Å². The quantitative estimate of drug-likeness (QED) is 0.553. The van der Waals surface area contributed by atoms with Crippen LogP contribution in [0.5, 0.6) is 5.75 Å². The van der Waals surface area contributed by atoms with Crippen molar-refractivity contribution in [3.63, 3.8) is 0 Å². The van der Waals surface area contributed by atoms with Crippen LogP contribution in [-0.4, -0.2) is 50.4 Å². The van der Waals surface area contributed by atoms with Crippen LogP contribution < -0.4 is 4.74 Å². The third-order valence-corrected chi connectivity index (χ3v) is 2.60. The molecule has 20 heavy (non-hydrogen) atoms. The summed E-state index contributed by atoms with van der Waals surface area (Å²) in [6, 6.07) is 9.11. The third kappa shape index (κ3) is 6.40. The summed E-state index contributed by atoms with van der Waals surface area (Å²) in [5.41, 5.74) is 0. The van der Waals surface area contributed by atoms with Gasteiger partial charge in [0.15, 0.2) is 6.10 Å². The van der Waals surface area contributed by atoms with E-state index < -0.39 is 18.4 Å². The summed E-state index contributed by atoms with van der Waals surface area (Å²) < 4.78 is 20.6. The molecule has 2 atom stereocenters. The Bertz CT molecular complexity index is 381. The lowest BCUT2D eigenvalue weighted by Gasteiger charge is -2.23. The van der Waals surface area contributed by atoms with Gasteiger partial charge in [-0.15, -0.1) is 0 Å². The Morgan fingerprint density at radius 1 is 1.25 bits per heavy atom. The molecule has 6 heteroatoms. The van der Waals surface area contributed by atoms with Crippen LogP contribution in [0.4, 0.5) is 4.79 Å². The van der Waals surface area contributed by atoms with Crippen LogP contribution in [0, 0.1) is 0 Å². The molecule has 1 N–H and O–H groups in total. The van der Waals surface area contributed by atoms with Gasteiger partial charge in [0.1, 0.15) is 12.4 Å². The first-order valence-corrected chi connectivity index (χ1v) is 6.31. The molecule has 112 valence electrons. The molecule has 0 saturated carbocycles. The van der Waals surface area contributed by atoms with E-state index in [2.05, 4.69) is 0 Å². The van der Waals surface area contributed by atoms with Gasteiger partial charge in [-0.2, -0.15) is 0 Å². The highest BCUT2D eigenvalue weighted by molar-refractivity contribution is 5.57. The van der Waals surface area contributed by atoms with E-state index in [9.17, 15) is 4.79 Å². The van der Waals surface area contributed by atoms with Crippen molar-refractivity contribution in [2.45, 2.75) is 19.1 Å². The second-order valence-corrected chi connectivity index (χ2v) is 4.11. The average Bonchev–Trinajstić information content (AvgIpc) is 2.44. The van der Waals surface area contributed by atoms with Crippen molar-refractivity contribution in [1.29, 1.82) is 0 Å². The van der Waals surface area contributed by atoms with Gasteiger partial charge in [0.05, 0.1) is 19.3 Å². The Balaban J connectivity index is 2.48. The van der Waals surface area contributed by atoms with Gasteiger partial charge in [-0.1, -0.05) is 18.2 Å². The number of hydrogen-bond donors (Lipinski definition) is 1. The molecule has 0 aliphatic rings. The third-order valence-electron chi connectivity index (χ3n) is 2.60. The van der Waals surface area contributed by atoms with E-state index in [1.165, 1.54) is 0 Å². The fourth-order valence-electron chi connectivity index (χ4n) is 1.51. The molecule has 0 radical (unpaired) electrons. The summed E-state index contributed by atoms with van der Waals surface area (Å²) in [6.07, 6.45) is -2.48. The number of ether oxygens (including phenoxy) is 4. The zero-order valence-electron chi connectivity index (χ0n) is 11.7. The highest BCUT2D eigenvalue weighted by Gasteiger charge is 2.23. The van der Waals surface area contributed by atoms with Crippen molar-refractivity contribution < 1.29 is 28.8 Å². The SMILES string of the molecule is COCCOC(C)C(COc1ccccc1)OC(=O)O. The van der Waals surface area contributed by atoms with E-state index in [1.807, 2.05) is 18.2 Å². The predicted molar refractivity (Wildman–Crippen MR) is 72.1 cm³/mol. The van der Waals surface area contributed by atoms with Crippen molar-refractivity contribution in [3.8, 4) is 5.75 Å². The van der Waals surface area contributed by atoms with E-state index >= 15 is 0 Å². The number of benzene rings is 1. The van der Waals surface area contributed by atoms with Gasteiger partial charge in [0.2, 0.25) is 0 Å². The second kappa shape index (κ2) is 9.17. The average molecular weight is 284 g/mol. The van der Waals surface area contributed by atoms with Crippen molar-refractivity contribution >= 4 is 6.16 Å². The standard InChI is InChI=1S/C14H20O6/c1-11(18-9-8-17-2)13(20-14(15)16)10-19-12-6-4-3-5-7-12/h3-7,11,13H,8-10H2,1-2H3,(H,15,16). The van der Waals surface area contributed by atoms with Gasteiger partial charge in [0.25, 0.3) is 0 Å². The molecule has 2 unspecified atom stereocenters. The molecule has 0 amide bonds. The molecule has 0 spiro atoms. The molecule has 0 aliphatic heterocycles. The molecule has 1 aromatic carbocycles. The molecule has 0 aromatic heterocycles. The lowest BCUT2D eigenvalue weighted by atomic mass is 10.2. The molecule has 0 fully saturated rings. The fraction of sp³-hybridized carbons (Fsp3) is 0.500. The molecule has 1 rings (SSSR count). The Hall–Kier alpha value is -1.79. The summed E-state index contributed by atoms with van der Waals surface area (Å²) >= 11 is 0. The highest BCUT2D eigenvalue weighted by atomic mass is 16.7. The first-order chi connectivity index (χ1) is 9.63. The first-order valence-electron chi connectivity index (χ1n) is 6.31. The Morgan fingerprint density at radius 2 is 1.95 bits per heavy atom. The minimum atomic E-state index is -1.35. The number of methoxy groups -OCH3 is 1. The topological polar surface area (TPSA) is 74.2 Å². The predicted octanol–water partition coefficient (Wildman–Crippen LogP) is 2.18. The maximum absolute atomic E-state index is 10.7. The summed E-state index contributed by atoms with van der Waals surface area (Å²) in [7, 11) is 1.57. The number of carbonyl (C=O) groups is 1. The molecule has 0 bridgehead atoms. The van der Waals surface area contributed by atoms with Crippen molar-refractivity contribution in [2.75, 3.05) is 26.9 Å². The number of rotatable bonds is 9. The monoisotopic (exact) mass is 284 g/mol. The van der Waals surface area contributed by atoms with E-state index in [0.29, 0.717) is 19.0 Å². The van der Waals surface area contributed by atoms with Gasteiger partial charge in [0, 0.05) is 7.11 Å². The van der Waals surface area contributed by atoms with E-state index in [4.69, 9.17) is 24.1 Å². The van der Waals surface area contributed by atoms with Gasteiger partial charge < -0.3 is 24.1 Å². The zero-order valence-corrected chi connectivity index (χ0v) is 11.7. The summed E-state index contributed by atoms with van der Waals surface area (Å²) in [6.45, 7) is 2.62. The van der Waals surface area contributed by atoms with Gasteiger partial charge >= 0.3 is 6.16 Å². The summed E-state index contributed by atoms with van der Waals surface area (Å²) in [4.78, 5) is 10.7. The van der Waals surface area contributed by atoms with Crippen molar-refractivity contribution in [2.24, 2.45) is 0 Å². The van der Waals surface area contributed by atoms with Crippen LogP contribution in [0.2, 0.25) is 0 Å². The molecule has 0 heterocycles. The maximum Gasteiger partial charge on any atom is 0.506 e. The smallest absolute Gasteiger partial charge is 0.490 e. The minimum Gasteiger partial charge on any atom is -0.490 e. The highest BCUT2D eigenvalue weighted by Crippen LogP contribution is 2.12. The van der Waals surface area contributed by atoms with Crippen molar-refractivity contribution in [1.82, 2.24) is 0 Å². The Labute approximate surface area is 118 Å². The van der Waals surface area contributed by atoms with Gasteiger partial charge in [-0.05, 0) is 19.1 Å². The lowest BCUT2D eigenvalue weighted by molar-refractivity contribution is -0.0714. The van der Waals surface area contributed by atoms with Crippen LogP contribution >= 0.6 is 0 Å². The minimum absolute atomic E-state index is 0.0878. The largest absolute Gasteiger partial charge is 0.506 e. The maximum atomic E-state index is 10.7. The number of hydrogen-bond acceptors (Lipinski definition) is 5. The van der Waals surface area contributed by atoms with Gasteiger partial charge in [-0.3, -0.25) is 0 Å². The van der Waals surface area contributed by atoms with E-state index in [1.54, 1.807) is 26.2 Å². The first kappa shape index (κ1) is 16.3. The number of para-hydroxylation sites is 1.